The Morgan fingerprint density at radius 2 is 2.16 bits per heavy atom. The van der Waals surface area contributed by atoms with Crippen LogP contribution in [0.4, 0.5) is 4.39 Å². The molecule has 0 atom stereocenters. The topological polar surface area (TPSA) is 59.6 Å². The highest BCUT2D eigenvalue weighted by atomic mass is 35.5. The highest BCUT2D eigenvalue weighted by Crippen LogP contribution is 2.07. The van der Waals surface area contributed by atoms with Crippen LogP contribution >= 0.6 is 0 Å². The van der Waals surface area contributed by atoms with Gasteiger partial charge in [-0.25, -0.2) is 14.4 Å². The number of pyridine rings is 2. The van der Waals surface area contributed by atoms with E-state index in [9.17, 15) is 4.39 Å². The molecule has 19 heavy (non-hydrogen) atoms. The van der Waals surface area contributed by atoms with Crippen LogP contribution in [0.3, 0.4) is 0 Å². The summed E-state index contributed by atoms with van der Waals surface area (Å²) < 4.78 is 13.2. The number of aryl methyl sites for hydroxylation is 2. The van der Waals surface area contributed by atoms with E-state index in [1.807, 2.05) is 24.5 Å². The molecule has 0 aliphatic heterocycles. The van der Waals surface area contributed by atoms with E-state index in [4.69, 9.17) is 5.21 Å². The normalized spacial score (nSPS) is 10.4. The fourth-order valence-electron chi connectivity index (χ4n) is 1.64. The largest absolute Gasteiger partial charge is 1.00 e. The van der Waals surface area contributed by atoms with Crippen LogP contribution in [-0.4, -0.2) is 16.4 Å². The minimum absolute atomic E-state index is 0. The number of rotatable bonds is 4. The van der Waals surface area contributed by atoms with Gasteiger partial charge >= 0.3 is 0 Å². The summed E-state index contributed by atoms with van der Waals surface area (Å²) in [6.45, 7) is 0. The van der Waals surface area contributed by atoms with Gasteiger partial charge in [0.25, 0.3) is 0 Å². The molecule has 2 heterocycles. The fraction of sp³-hybridized carbons (Fsp3) is 0.154. The monoisotopic (exact) mass is 281 g/mol. The summed E-state index contributed by atoms with van der Waals surface area (Å²) in [5.74, 6) is -0.496. The Kier molecular flexibility index (Phi) is 5.89. The van der Waals surface area contributed by atoms with E-state index in [1.165, 1.54) is 6.07 Å². The Labute approximate surface area is 116 Å². The van der Waals surface area contributed by atoms with Crippen LogP contribution in [-0.2, 0) is 12.8 Å². The SMILES string of the molecule is ON=Cc1nc(CCc2ccc[nH+]c2)ccc1F.[Cl-]. The van der Waals surface area contributed by atoms with Crippen molar-refractivity contribution in [1.29, 1.82) is 0 Å². The summed E-state index contributed by atoms with van der Waals surface area (Å²) in [4.78, 5) is 7.09. The number of aromatic nitrogens is 2. The summed E-state index contributed by atoms with van der Waals surface area (Å²) in [6.07, 6.45) is 6.26. The molecule has 0 fully saturated rings. The minimum atomic E-state index is -0.496. The third kappa shape index (κ3) is 4.30. The van der Waals surface area contributed by atoms with E-state index in [0.29, 0.717) is 6.42 Å². The molecule has 0 amide bonds. The van der Waals surface area contributed by atoms with E-state index in [1.54, 1.807) is 6.07 Å². The second-order valence-corrected chi connectivity index (χ2v) is 3.83. The molecular formula is C13H13ClFN3O. The molecule has 100 valence electrons. The van der Waals surface area contributed by atoms with Gasteiger partial charge in [0.2, 0.25) is 0 Å². The first-order chi connectivity index (χ1) is 8.79. The van der Waals surface area contributed by atoms with Crippen molar-refractivity contribution >= 4 is 6.21 Å². The predicted octanol–water partition coefficient (Wildman–Crippen LogP) is -1.37. The summed E-state index contributed by atoms with van der Waals surface area (Å²) in [5, 5.41) is 11.2. The average Bonchev–Trinajstić information content (AvgIpc) is 2.41. The third-order valence-corrected chi connectivity index (χ3v) is 2.55. The molecule has 0 aromatic carbocycles. The molecule has 0 bridgehead atoms. The molecule has 2 aromatic heterocycles. The molecule has 0 unspecified atom stereocenters. The summed E-state index contributed by atoms with van der Waals surface area (Å²) in [6, 6.07) is 6.90. The number of nitrogens with one attached hydrogen (secondary N) is 1. The molecule has 0 aliphatic rings. The maximum absolute atomic E-state index is 13.2. The van der Waals surface area contributed by atoms with Gasteiger partial charge in [-0.1, -0.05) is 5.16 Å². The van der Waals surface area contributed by atoms with E-state index < -0.39 is 5.82 Å². The zero-order valence-corrected chi connectivity index (χ0v) is 10.8. The quantitative estimate of drug-likeness (QED) is 0.427. The fourth-order valence-corrected chi connectivity index (χ4v) is 1.64. The Hall–Kier alpha value is -2.01. The Bertz CT molecular complexity index is 549. The van der Waals surface area contributed by atoms with Crippen molar-refractivity contribution in [1.82, 2.24) is 4.98 Å². The van der Waals surface area contributed by atoms with Crippen LogP contribution in [0.25, 0.3) is 0 Å². The zero-order valence-electron chi connectivity index (χ0n) is 10.1. The second-order valence-electron chi connectivity index (χ2n) is 3.83. The van der Waals surface area contributed by atoms with E-state index in [2.05, 4.69) is 15.1 Å². The van der Waals surface area contributed by atoms with Crippen molar-refractivity contribution in [2.45, 2.75) is 12.8 Å². The lowest BCUT2D eigenvalue weighted by molar-refractivity contribution is -0.378. The van der Waals surface area contributed by atoms with Gasteiger partial charge in [0.15, 0.2) is 18.2 Å². The van der Waals surface area contributed by atoms with Crippen LogP contribution in [0.1, 0.15) is 17.0 Å². The van der Waals surface area contributed by atoms with Crippen molar-refractivity contribution in [2.75, 3.05) is 0 Å². The summed E-state index contributed by atoms with van der Waals surface area (Å²) in [7, 11) is 0. The van der Waals surface area contributed by atoms with Gasteiger partial charge in [-0.3, -0.25) is 0 Å². The first-order valence-corrected chi connectivity index (χ1v) is 5.57. The van der Waals surface area contributed by atoms with Crippen molar-refractivity contribution in [3.05, 3.63) is 59.4 Å². The lowest BCUT2D eigenvalue weighted by Crippen LogP contribution is -3.00. The molecule has 4 nitrogen and oxygen atoms in total. The van der Waals surface area contributed by atoms with E-state index in [-0.39, 0.29) is 18.1 Å². The number of halogens is 2. The predicted molar refractivity (Wildman–Crippen MR) is 64.0 cm³/mol. The molecule has 0 aliphatic carbocycles. The molecule has 2 rings (SSSR count). The van der Waals surface area contributed by atoms with Gasteiger partial charge in [0, 0.05) is 17.3 Å². The number of hydrogen-bond acceptors (Lipinski definition) is 3. The van der Waals surface area contributed by atoms with Gasteiger partial charge in [-0.15, -0.1) is 0 Å². The summed E-state index contributed by atoms with van der Waals surface area (Å²) >= 11 is 0. The Morgan fingerprint density at radius 1 is 1.32 bits per heavy atom. The van der Waals surface area contributed by atoms with Crippen LogP contribution in [0.15, 0.2) is 41.8 Å². The Morgan fingerprint density at radius 3 is 2.84 bits per heavy atom. The zero-order chi connectivity index (χ0) is 12.8. The minimum Gasteiger partial charge on any atom is -1.00 e. The molecular weight excluding hydrogens is 269 g/mol. The molecule has 0 saturated carbocycles. The number of hydrogen-bond donors (Lipinski definition) is 1. The van der Waals surface area contributed by atoms with Gasteiger partial charge < -0.3 is 17.6 Å². The number of nitrogens with zero attached hydrogens (tertiary/aromatic N) is 2. The highest BCUT2D eigenvalue weighted by molar-refractivity contribution is 5.76. The number of H-pyrrole nitrogens is 1. The lowest BCUT2D eigenvalue weighted by atomic mass is 10.1. The van der Waals surface area contributed by atoms with Gasteiger partial charge in [0.1, 0.15) is 5.69 Å². The van der Waals surface area contributed by atoms with Gasteiger partial charge in [-0.05, 0) is 31.0 Å². The van der Waals surface area contributed by atoms with Gasteiger partial charge in [0.05, 0.1) is 6.21 Å². The highest BCUT2D eigenvalue weighted by Gasteiger charge is 2.04. The molecule has 6 heteroatoms. The van der Waals surface area contributed by atoms with Crippen molar-refractivity contribution in [3.8, 4) is 0 Å². The standard InChI is InChI=1S/C13H12FN3O.ClH/c14-12-6-5-11(17-13(12)9-16-18)4-3-10-2-1-7-15-8-10;/h1-2,5-9,18H,3-4H2;1H. The van der Waals surface area contributed by atoms with Crippen molar-refractivity contribution in [3.63, 3.8) is 0 Å². The van der Waals surface area contributed by atoms with Crippen LogP contribution in [0.2, 0.25) is 0 Å². The van der Waals surface area contributed by atoms with Crippen molar-refractivity contribution < 1.29 is 27.0 Å². The third-order valence-electron chi connectivity index (χ3n) is 2.55. The average molecular weight is 282 g/mol. The van der Waals surface area contributed by atoms with E-state index >= 15 is 0 Å². The first-order valence-electron chi connectivity index (χ1n) is 5.57. The molecule has 2 N–H and O–H groups in total. The van der Waals surface area contributed by atoms with Crippen LogP contribution in [0.5, 0.6) is 0 Å². The molecule has 0 saturated heterocycles. The molecule has 2 aromatic rings. The lowest BCUT2D eigenvalue weighted by Gasteiger charge is -2.02. The van der Waals surface area contributed by atoms with Crippen LogP contribution < -0.4 is 17.4 Å². The summed E-state index contributed by atoms with van der Waals surface area (Å²) in [5.41, 5.74) is 1.96. The van der Waals surface area contributed by atoms with Gasteiger partial charge in [-0.2, -0.15) is 0 Å². The number of aromatic amines is 1. The number of oxime groups is 1. The van der Waals surface area contributed by atoms with E-state index in [0.717, 1.165) is 23.9 Å². The van der Waals surface area contributed by atoms with Crippen molar-refractivity contribution in [2.24, 2.45) is 5.16 Å². The Balaban J connectivity index is 0.00000180. The second kappa shape index (κ2) is 7.43. The van der Waals surface area contributed by atoms with Crippen LogP contribution in [0, 0.1) is 5.82 Å². The maximum atomic E-state index is 13.2. The maximum Gasteiger partial charge on any atom is 0.170 e. The molecule has 0 radical (unpaired) electrons. The molecule has 0 spiro atoms. The smallest absolute Gasteiger partial charge is 0.170 e. The first kappa shape index (κ1) is 15.0.